The maximum absolute atomic E-state index is 13.7. The minimum atomic E-state index is -0.445. The smallest absolute Gasteiger partial charge is 0.273 e. The van der Waals surface area contributed by atoms with E-state index in [4.69, 9.17) is 5.11 Å². The lowest BCUT2D eigenvalue weighted by atomic mass is 10.1. The van der Waals surface area contributed by atoms with Crippen molar-refractivity contribution in [2.45, 2.75) is 13.0 Å². The summed E-state index contributed by atoms with van der Waals surface area (Å²) in [5.74, 6) is 4.69. The number of nitrogens with zero attached hydrogens (tertiary/aromatic N) is 2. The van der Waals surface area contributed by atoms with Crippen LogP contribution in [0.15, 0.2) is 24.4 Å². The van der Waals surface area contributed by atoms with Crippen LogP contribution in [0.2, 0.25) is 0 Å². The van der Waals surface area contributed by atoms with E-state index in [0.717, 1.165) is 0 Å². The normalized spacial score (nSPS) is 9.81. The number of hydrogen-bond donors (Lipinski definition) is 3. The molecule has 21 heavy (non-hydrogen) atoms. The van der Waals surface area contributed by atoms with Crippen LogP contribution in [0.3, 0.4) is 0 Å². The van der Waals surface area contributed by atoms with Crippen molar-refractivity contribution in [1.29, 1.82) is 0 Å². The van der Waals surface area contributed by atoms with Gasteiger partial charge in [-0.05, 0) is 18.2 Å². The molecule has 6 nitrogen and oxygen atoms in total. The van der Waals surface area contributed by atoms with Gasteiger partial charge in [-0.15, -0.1) is 0 Å². The third kappa shape index (κ3) is 4.12. The van der Waals surface area contributed by atoms with E-state index in [2.05, 4.69) is 32.6 Å². The van der Waals surface area contributed by atoms with E-state index < -0.39 is 11.7 Å². The summed E-state index contributed by atoms with van der Waals surface area (Å²) >= 11 is 0. The summed E-state index contributed by atoms with van der Waals surface area (Å²) in [5, 5.41) is 20.7. The molecule has 0 atom stereocenters. The predicted octanol–water partition coefficient (Wildman–Crippen LogP) is 0.608. The Morgan fingerprint density at radius 3 is 3.05 bits per heavy atom. The van der Waals surface area contributed by atoms with Crippen molar-refractivity contribution in [3.63, 3.8) is 0 Å². The van der Waals surface area contributed by atoms with E-state index in [1.807, 2.05) is 0 Å². The molecule has 0 aliphatic heterocycles. The van der Waals surface area contributed by atoms with Gasteiger partial charge in [0.05, 0.1) is 12.8 Å². The Morgan fingerprint density at radius 1 is 1.48 bits per heavy atom. The first kappa shape index (κ1) is 14.7. The topological polar surface area (TPSA) is 90.9 Å². The molecule has 0 radical (unpaired) electrons. The number of rotatable bonds is 4. The summed E-state index contributed by atoms with van der Waals surface area (Å²) in [6.45, 7) is 0.00184. The van der Waals surface area contributed by atoms with Gasteiger partial charge in [0.25, 0.3) is 5.91 Å². The van der Waals surface area contributed by atoms with Crippen molar-refractivity contribution in [2.75, 3.05) is 6.61 Å². The molecule has 0 saturated heterocycles. The Balaban J connectivity index is 2.04. The summed E-state index contributed by atoms with van der Waals surface area (Å²) in [7, 11) is 0. The average molecular weight is 288 g/mol. The van der Waals surface area contributed by atoms with Crippen molar-refractivity contribution < 1.29 is 14.3 Å². The van der Waals surface area contributed by atoms with Crippen molar-refractivity contribution in [2.24, 2.45) is 0 Å². The molecule has 1 aromatic carbocycles. The highest BCUT2D eigenvalue weighted by atomic mass is 19.1. The van der Waals surface area contributed by atoms with E-state index in [1.165, 1.54) is 12.3 Å². The average Bonchev–Trinajstić information content (AvgIpc) is 3.02. The molecule has 0 fully saturated rings. The number of aromatic amines is 1. The zero-order valence-corrected chi connectivity index (χ0v) is 11.1. The van der Waals surface area contributed by atoms with Crippen LogP contribution < -0.4 is 5.32 Å². The molecule has 3 N–H and O–H groups in total. The van der Waals surface area contributed by atoms with Gasteiger partial charge in [-0.3, -0.25) is 4.79 Å². The van der Waals surface area contributed by atoms with Gasteiger partial charge in [-0.25, -0.2) is 4.39 Å². The summed E-state index contributed by atoms with van der Waals surface area (Å²) < 4.78 is 13.7. The number of nitrogens with one attached hydrogen (secondary N) is 2. The van der Waals surface area contributed by atoms with Gasteiger partial charge < -0.3 is 10.4 Å². The van der Waals surface area contributed by atoms with Gasteiger partial charge in [0.1, 0.15) is 5.82 Å². The molecule has 0 unspecified atom stereocenters. The third-order valence-corrected chi connectivity index (χ3v) is 2.60. The Bertz CT molecular complexity index is 674. The van der Waals surface area contributed by atoms with Gasteiger partial charge in [-0.1, -0.05) is 11.8 Å². The molecule has 2 rings (SSSR count). The molecule has 0 spiro atoms. The molecular weight excluding hydrogens is 275 g/mol. The monoisotopic (exact) mass is 288 g/mol. The molecule has 0 aliphatic rings. The molecule has 7 heteroatoms. The van der Waals surface area contributed by atoms with Crippen LogP contribution in [0, 0.1) is 17.7 Å². The molecule has 2 aromatic rings. The molecule has 0 bridgehead atoms. The van der Waals surface area contributed by atoms with E-state index in [9.17, 15) is 9.18 Å². The molecule has 1 amide bonds. The lowest BCUT2D eigenvalue weighted by Gasteiger charge is -2.05. The van der Waals surface area contributed by atoms with E-state index in [1.54, 1.807) is 12.1 Å². The number of aliphatic hydroxyl groups excluding tert-OH is 1. The third-order valence-electron chi connectivity index (χ3n) is 2.60. The number of hydrogen-bond acceptors (Lipinski definition) is 4. The Morgan fingerprint density at radius 2 is 2.33 bits per heavy atom. The number of halogens is 1. The van der Waals surface area contributed by atoms with Gasteiger partial charge in [0.2, 0.25) is 0 Å². The largest absolute Gasteiger partial charge is 0.395 e. The minimum Gasteiger partial charge on any atom is -0.395 e. The number of aliphatic hydroxyl groups is 1. The lowest BCUT2D eigenvalue weighted by molar-refractivity contribution is 0.0945. The summed E-state index contributed by atoms with van der Waals surface area (Å²) in [6.07, 6.45) is 1.64. The number of benzene rings is 1. The lowest BCUT2D eigenvalue weighted by Crippen LogP contribution is -2.23. The summed E-state index contributed by atoms with van der Waals surface area (Å²) in [6, 6.07) is 4.39. The Kier molecular flexibility index (Phi) is 5.01. The maximum atomic E-state index is 13.7. The van der Waals surface area contributed by atoms with Crippen LogP contribution in [0.1, 0.15) is 28.0 Å². The van der Waals surface area contributed by atoms with Crippen LogP contribution >= 0.6 is 0 Å². The van der Waals surface area contributed by atoms with Crippen molar-refractivity contribution in [3.05, 3.63) is 47.0 Å². The van der Waals surface area contributed by atoms with Gasteiger partial charge in [-0.2, -0.15) is 15.4 Å². The first-order valence-electron chi connectivity index (χ1n) is 6.23. The molecular formula is C14H13FN4O2. The molecule has 1 aromatic heterocycles. The van der Waals surface area contributed by atoms with Crippen molar-refractivity contribution in [3.8, 4) is 11.8 Å². The minimum absolute atomic E-state index is 0.0190. The highest BCUT2D eigenvalue weighted by molar-refractivity contribution is 5.91. The van der Waals surface area contributed by atoms with Gasteiger partial charge in [0, 0.05) is 24.1 Å². The highest BCUT2D eigenvalue weighted by Crippen LogP contribution is 2.10. The van der Waals surface area contributed by atoms with Crippen LogP contribution in [0.5, 0.6) is 0 Å². The molecule has 0 saturated carbocycles. The number of aromatic nitrogens is 3. The molecule has 108 valence electrons. The second-order valence-electron chi connectivity index (χ2n) is 4.12. The zero-order chi connectivity index (χ0) is 15.1. The SMILES string of the molecule is O=C(NCc1cc(C#CCCO)ccc1F)c1cn[nH]n1. The second-order valence-corrected chi connectivity index (χ2v) is 4.12. The summed E-state index contributed by atoms with van der Waals surface area (Å²) in [4.78, 5) is 11.7. The van der Waals surface area contributed by atoms with Crippen LogP contribution in [0.25, 0.3) is 0 Å². The first-order valence-corrected chi connectivity index (χ1v) is 6.23. The fraction of sp³-hybridized carbons (Fsp3) is 0.214. The van der Waals surface area contributed by atoms with Crippen LogP contribution in [-0.4, -0.2) is 33.0 Å². The second kappa shape index (κ2) is 7.17. The van der Waals surface area contributed by atoms with E-state index >= 15 is 0 Å². The maximum Gasteiger partial charge on any atom is 0.273 e. The Hall–Kier alpha value is -2.72. The number of H-pyrrole nitrogens is 1. The fourth-order valence-corrected chi connectivity index (χ4v) is 1.59. The summed E-state index contributed by atoms with van der Waals surface area (Å²) in [5.41, 5.74) is 1.08. The first-order chi connectivity index (χ1) is 10.2. The number of carbonyl (C=O) groups is 1. The highest BCUT2D eigenvalue weighted by Gasteiger charge is 2.09. The molecule has 0 aliphatic carbocycles. The predicted molar refractivity (Wildman–Crippen MR) is 72.5 cm³/mol. The van der Waals surface area contributed by atoms with Crippen LogP contribution in [0.4, 0.5) is 4.39 Å². The van der Waals surface area contributed by atoms with E-state index in [-0.39, 0.29) is 18.8 Å². The standard InChI is InChI=1S/C14H13FN4O2/c15-12-5-4-10(3-1-2-6-20)7-11(12)8-16-14(21)13-9-17-19-18-13/h4-5,7,9,20H,2,6,8H2,(H,16,21)(H,17,18,19). The quantitative estimate of drug-likeness (QED) is 0.719. The number of carbonyl (C=O) groups excluding carboxylic acids is 1. The van der Waals surface area contributed by atoms with Gasteiger partial charge in [0.15, 0.2) is 5.69 Å². The zero-order valence-electron chi connectivity index (χ0n) is 11.1. The van der Waals surface area contributed by atoms with Crippen LogP contribution in [-0.2, 0) is 6.54 Å². The van der Waals surface area contributed by atoms with Gasteiger partial charge >= 0.3 is 0 Å². The fourth-order valence-electron chi connectivity index (χ4n) is 1.59. The Labute approximate surface area is 120 Å². The molecule has 1 heterocycles. The van der Waals surface area contributed by atoms with E-state index in [0.29, 0.717) is 17.5 Å². The number of amides is 1. The van der Waals surface area contributed by atoms with Crippen molar-refractivity contribution in [1.82, 2.24) is 20.7 Å². The van der Waals surface area contributed by atoms with Crippen molar-refractivity contribution >= 4 is 5.91 Å².